The van der Waals surface area contributed by atoms with Crippen molar-refractivity contribution in [3.8, 4) is 0 Å². The number of carbonyl (C=O) groups is 3. The number of ether oxygens (including phenoxy) is 3. The Morgan fingerprint density at radius 1 is 0.765 bits per heavy atom. The molecule has 0 aliphatic heterocycles. The molecule has 0 N–H and O–H groups in total. The zero-order valence-electron chi connectivity index (χ0n) is 8.91. The van der Waals surface area contributed by atoms with E-state index < -0.39 is 31.9 Å². The molecule has 0 saturated heterocycles. The average molecular weight is 260 g/mol. The van der Waals surface area contributed by atoms with Crippen LogP contribution in [0.4, 0.5) is 27.6 Å². The Balaban J connectivity index is 0. The van der Waals surface area contributed by atoms with Crippen molar-refractivity contribution in [2.24, 2.45) is 0 Å². The van der Waals surface area contributed by atoms with E-state index in [0.29, 0.717) is 6.42 Å². The Bertz CT molecular complexity index is 229. The third kappa shape index (κ3) is 25.0. The summed E-state index contributed by atoms with van der Waals surface area (Å²) >= 11 is 0. The van der Waals surface area contributed by atoms with Crippen molar-refractivity contribution in [3.05, 3.63) is 0 Å². The van der Waals surface area contributed by atoms with Gasteiger partial charge in [0, 0.05) is 0 Å². The fourth-order valence-corrected chi connectivity index (χ4v) is 0.426. The van der Waals surface area contributed by atoms with E-state index in [0.717, 1.165) is 0 Å². The van der Waals surface area contributed by atoms with E-state index >= 15 is 0 Å². The molecule has 0 saturated carbocycles. The van der Waals surface area contributed by atoms with E-state index in [-0.39, 0.29) is 6.61 Å². The SMILES string of the molecule is CCCOC(=O)F.O=C(F)OCCOC(=O)F. The molecule has 0 amide bonds. The molecule has 0 bridgehead atoms. The van der Waals surface area contributed by atoms with Crippen LogP contribution >= 0.6 is 0 Å². The van der Waals surface area contributed by atoms with E-state index in [1.807, 2.05) is 0 Å². The molecule has 17 heavy (non-hydrogen) atoms. The molecule has 0 aromatic rings. The van der Waals surface area contributed by atoms with Gasteiger partial charge in [-0.2, -0.15) is 0 Å². The lowest BCUT2D eigenvalue weighted by Crippen LogP contribution is -2.07. The second kappa shape index (κ2) is 12.3. The first kappa shape index (κ1) is 17.6. The molecule has 0 aliphatic carbocycles. The smallest absolute Gasteiger partial charge is 0.440 e. The van der Waals surface area contributed by atoms with E-state index in [9.17, 15) is 27.6 Å². The maximum absolute atomic E-state index is 11.1. The molecular weight excluding hydrogens is 249 g/mol. The van der Waals surface area contributed by atoms with Crippen LogP contribution in [0.1, 0.15) is 13.3 Å². The van der Waals surface area contributed by atoms with E-state index in [1.54, 1.807) is 6.92 Å². The predicted molar refractivity (Wildman–Crippen MR) is 47.7 cm³/mol. The molecule has 100 valence electrons. The van der Waals surface area contributed by atoms with Crippen molar-refractivity contribution in [2.75, 3.05) is 19.8 Å². The summed E-state index contributed by atoms with van der Waals surface area (Å²) < 4.78 is 44.5. The van der Waals surface area contributed by atoms with Gasteiger partial charge in [0.05, 0.1) is 6.61 Å². The Morgan fingerprint density at radius 3 is 1.24 bits per heavy atom. The van der Waals surface area contributed by atoms with Gasteiger partial charge in [0.15, 0.2) is 0 Å². The first-order chi connectivity index (χ1) is 7.90. The van der Waals surface area contributed by atoms with Crippen LogP contribution in [0.5, 0.6) is 0 Å². The zero-order chi connectivity index (χ0) is 13.7. The Kier molecular flexibility index (Phi) is 12.7. The first-order valence-corrected chi connectivity index (χ1v) is 4.36. The molecular formula is C8H11F3O6. The van der Waals surface area contributed by atoms with Gasteiger partial charge < -0.3 is 14.2 Å². The minimum absolute atomic E-state index is 0.176. The number of halogens is 3. The van der Waals surface area contributed by atoms with Crippen LogP contribution in [0.2, 0.25) is 0 Å². The summed E-state index contributed by atoms with van der Waals surface area (Å²) in [6.45, 7) is 1.01. The summed E-state index contributed by atoms with van der Waals surface area (Å²) in [6, 6.07) is 0. The number of hydrogen-bond donors (Lipinski definition) is 0. The lowest BCUT2D eigenvalue weighted by molar-refractivity contribution is 0.0724. The fraction of sp³-hybridized carbons (Fsp3) is 0.625. The van der Waals surface area contributed by atoms with Crippen LogP contribution in [0.25, 0.3) is 0 Å². The van der Waals surface area contributed by atoms with Crippen LogP contribution in [0, 0.1) is 0 Å². The van der Waals surface area contributed by atoms with Crippen molar-refractivity contribution in [3.63, 3.8) is 0 Å². The summed E-state index contributed by atoms with van der Waals surface area (Å²) in [4.78, 5) is 28.0. The monoisotopic (exact) mass is 260 g/mol. The van der Waals surface area contributed by atoms with Gasteiger partial charge in [-0.05, 0) is 6.42 Å². The van der Waals surface area contributed by atoms with Gasteiger partial charge in [0.1, 0.15) is 13.2 Å². The average Bonchev–Trinajstić information content (AvgIpc) is 2.22. The maximum atomic E-state index is 11.1. The standard InChI is InChI=1S/C4H4F2O4.C4H7FO2/c5-3(7)9-1-2-10-4(6)8;1-2-3-7-4(5)6/h1-2H2;2-3H2,1H3. The van der Waals surface area contributed by atoms with Crippen LogP contribution in [0.3, 0.4) is 0 Å². The fourth-order valence-electron chi connectivity index (χ4n) is 0.426. The Hall–Kier alpha value is -1.80. The highest BCUT2D eigenvalue weighted by Crippen LogP contribution is 1.85. The summed E-state index contributed by atoms with van der Waals surface area (Å²) in [7, 11) is 0. The highest BCUT2D eigenvalue weighted by atomic mass is 19.2. The number of carbonyl (C=O) groups excluding carboxylic acids is 3. The molecule has 0 unspecified atom stereocenters. The lowest BCUT2D eigenvalue weighted by atomic mass is 10.5. The Labute approximate surface area is 94.6 Å². The van der Waals surface area contributed by atoms with Gasteiger partial charge in [-0.15, -0.1) is 13.2 Å². The van der Waals surface area contributed by atoms with Crippen molar-refractivity contribution in [1.29, 1.82) is 0 Å². The molecule has 0 fully saturated rings. The zero-order valence-corrected chi connectivity index (χ0v) is 8.91. The molecule has 0 atom stereocenters. The third-order valence-corrected chi connectivity index (χ3v) is 0.934. The summed E-state index contributed by atoms with van der Waals surface area (Å²) in [5, 5.41) is 0. The van der Waals surface area contributed by atoms with Crippen LogP contribution < -0.4 is 0 Å². The summed E-state index contributed by atoms with van der Waals surface area (Å²) in [5.74, 6) is 0. The van der Waals surface area contributed by atoms with Gasteiger partial charge in [0.2, 0.25) is 0 Å². The van der Waals surface area contributed by atoms with Gasteiger partial charge >= 0.3 is 18.7 Å². The highest BCUT2D eigenvalue weighted by Gasteiger charge is 1.99. The molecule has 0 heterocycles. The molecule has 0 aromatic carbocycles. The molecule has 0 aliphatic rings. The molecule has 9 heteroatoms. The molecule has 0 aromatic heterocycles. The van der Waals surface area contributed by atoms with E-state index in [1.165, 1.54) is 0 Å². The predicted octanol–water partition coefficient (Wildman–Crippen LogP) is 2.70. The second-order valence-electron chi connectivity index (χ2n) is 2.26. The van der Waals surface area contributed by atoms with Gasteiger partial charge in [-0.1, -0.05) is 6.92 Å². The quantitative estimate of drug-likeness (QED) is 0.429. The first-order valence-electron chi connectivity index (χ1n) is 4.36. The summed E-state index contributed by atoms with van der Waals surface area (Å²) in [5.41, 5.74) is 0. The van der Waals surface area contributed by atoms with E-state index in [2.05, 4.69) is 14.2 Å². The highest BCUT2D eigenvalue weighted by molar-refractivity contribution is 5.58. The molecule has 0 radical (unpaired) electrons. The van der Waals surface area contributed by atoms with Crippen molar-refractivity contribution >= 4 is 18.7 Å². The summed E-state index contributed by atoms with van der Waals surface area (Å²) in [6.07, 6.45) is -5.01. The number of rotatable bonds is 5. The minimum Gasteiger partial charge on any atom is -0.440 e. The van der Waals surface area contributed by atoms with Crippen LogP contribution in [0.15, 0.2) is 0 Å². The van der Waals surface area contributed by atoms with Gasteiger partial charge in [-0.3, -0.25) is 0 Å². The maximum Gasteiger partial charge on any atom is 0.495 e. The second-order valence-corrected chi connectivity index (χ2v) is 2.26. The van der Waals surface area contributed by atoms with Crippen molar-refractivity contribution in [1.82, 2.24) is 0 Å². The number of hydrogen-bond acceptors (Lipinski definition) is 6. The topological polar surface area (TPSA) is 78.9 Å². The largest absolute Gasteiger partial charge is 0.495 e. The van der Waals surface area contributed by atoms with Crippen molar-refractivity contribution < 1.29 is 41.8 Å². The lowest BCUT2D eigenvalue weighted by Gasteiger charge is -1.96. The van der Waals surface area contributed by atoms with Gasteiger partial charge in [-0.25, -0.2) is 14.4 Å². The molecule has 0 rings (SSSR count). The Morgan fingerprint density at radius 2 is 1.06 bits per heavy atom. The van der Waals surface area contributed by atoms with Gasteiger partial charge in [0.25, 0.3) is 0 Å². The van der Waals surface area contributed by atoms with E-state index in [4.69, 9.17) is 0 Å². The van der Waals surface area contributed by atoms with Crippen molar-refractivity contribution in [2.45, 2.75) is 13.3 Å². The molecule has 0 spiro atoms. The molecule has 6 nitrogen and oxygen atoms in total. The van der Waals surface area contributed by atoms with Crippen LogP contribution in [-0.4, -0.2) is 38.5 Å². The third-order valence-electron chi connectivity index (χ3n) is 0.934. The normalized spacial score (nSPS) is 8.47. The van der Waals surface area contributed by atoms with Crippen LogP contribution in [-0.2, 0) is 14.2 Å². The minimum atomic E-state index is -1.99.